The van der Waals surface area contributed by atoms with Crippen LogP contribution in [-0.4, -0.2) is 30.5 Å². The maximum atomic E-state index is 11.6. The van der Waals surface area contributed by atoms with Gasteiger partial charge in [0.2, 0.25) is 0 Å². The second-order valence-corrected chi connectivity index (χ2v) is 5.14. The number of alkyl halides is 1. The quantitative estimate of drug-likeness (QED) is 0.537. The summed E-state index contributed by atoms with van der Waals surface area (Å²) in [5, 5.41) is 0. The molecule has 0 radical (unpaired) electrons. The van der Waals surface area contributed by atoms with E-state index >= 15 is 0 Å². The van der Waals surface area contributed by atoms with Gasteiger partial charge in [-0.15, -0.1) is 11.6 Å². The van der Waals surface area contributed by atoms with Crippen molar-refractivity contribution in [3.63, 3.8) is 0 Å². The Hall–Kier alpha value is -0.770. The molecule has 5 atom stereocenters. The molecule has 1 saturated heterocycles. The third-order valence-corrected chi connectivity index (χ3v) is 4.42. The van der Waals surface area contributed by atoms with Crippen LogP contribution in [-0.2, 0) is 19.1 Å². The molecule has 3 aliphatic rings. The Morgan fingerprint density at radius 2 is 2.25 bits per heavy atom. The van der Waals surface area contributed by atoms with Crippen molar-refractivity contribution >= 4 is 23.5 Å². The zero-order valence-electron chi connectivity index (χ0n) is 8.73. The van der Waals surface area contributed by atoms with Gasteiger partial charge >= 0.3 is 11.9 Å². The van der Waals surface area contributed by atoms with Gasteiger partial charge < -0.3 is 9.47 Å². The minimum Gasteiger partial charge on any atom is -0.465 e. The lowest BCUT2D eigenvalue weighted by Crippen LogP contribution is -2.35. The van der Waals surface area contributed by atoms with Crippen molar-refractivity contribution in [2.45, 2.75) is 18.9 Å². The first-order valence-electron chi connectivity index (χ1n) is 5.62. The Kier molecular flexibility index (Phi) is 2.35. The molecule has 5 heteroatoms. The van der Waals surface area contributed by atoms with Gasteiger partial charge in [-0.25, -0.2) is 0 Å². The van der Waals surface area contributed by atoms with E-state index in [0.29, 0.717) is 18.4 Å². The maximum Gasteiger partial charge on any atom is 0.321 e. The SMILES string of the molecule is O=C(CCl)OC1C[C@@H]2C[C@H]1C1C(=O)OCC12. The minimum absolute atomic E-state index is 0.0353. The smallest absolute Gasteiger partial charge is 0.321 e. The molecule has 0 aromatic carbocycles. The topological polar surface area (TPSA) is 52.6 Å². The fourth-order valence-corrected chi connectivity index (χ4v) is 3.67. The van der Waals surface area contributed by atoms with Gasteiger partial charge in [-0.2, -0.15) is 0 Å². The Balaban J connectivity index is 1.73. The van der Waals surface area contributed by atoms with Gasteiger partial charge in [0.1, 0.15) is 12.0 Å². The van der Waals surface area contributed by atoms with Crippen molar-refractivity contribution in [3.05, 3.63) is 0 Å². The summed E-state index contributed by atoms with van der Waals surface area (Å²) in [6.07, 6.45) is 1.73. The van der Waals surface area contributed by atoms with Gasteiger partial charge in [0, 0.05) is 11.8 Å². The van der Waals surface area contributed by atoms with Gasteiger partial charge in [0.15, 0.2) is 0 Å². The van der Waals surface area contributed by atoms with Crippen LogP contribution in [0, 0.1) is 23.7 Å². The molecule has 0 spiro atoms. The highest BCUT2D eigenvalue weighted by Gasteiger charge is 2.60. The third kappa shape index (κ3) is 1.35. The van der Waals surface area contributed by atoms with E-state index in [4.69, 9.17) is 21.1 Å². The lowest BCUT2D eigenvalue weighted by Gasteiger charge is -2.27. The first-order valence-corrected chi connectivity index (χ1v) is 6.16. The molecule has 3 rings (SSSR count). The number of hydrogen-bond acceptors (Lipinski definition) is 4. The summed E-state index contributed by atoms with van der Waals surface area (Å²) in [4.78, 5) is 22.7. The molecule has 2 aliphatic carbocycles. The number of cyclic esters (lactones) is 1. The van der Waals surface area contributed by atoms with Crippen molar-refractivity contribution in [2.75, 3.05) is 12.5 Å². The summed E-state index contributed by atoms with van der Waals surface area (Å²) in [6, 6.07) is 0. The summed E-state index contributed by atoms with van der Waals surface area (Å²) >= 11 is 5.41. The summed E-state index contributed by atoms with van der Waals surface area (Å²) in [5.74, 6) is 0.361. The van der Waals surface area contributed by atoms with E-state index in [2.05, 4.69) is 0 Å². The van der Waals surface area contributed by atoms with E-state index in [1.54, 1.807) is 0 Å². The number of fused-ring (bicyclic) bond motifs is 5. The van der Waals surface area contributed by atoms with Crippen molar-refractivity contribution in [3.8, 4) is 0 Å². The Morgan fingerprint density at radius 3 is 3.00 bits per heavy atom. The molecule has 3 unspecified atom stereocenters. The van der Waals surface area contributed by atoms with Crippen molar-refractivity contribution in [2.24, 2.45) is 23.7 Å². The number of hydrogen-bond donors (Lipinski definition) is 0. The standard InChI is InChI=1S/C11H13ClO4/c12-3-9(13)16-8-2-5-1-6(8)10-7(5)4-15-11(10)14/h5-8,10H,1-4H2/t5-,6+,7?,8?,10?/m0/s1. The monoisotopic (exact) mass is 244 g/mol. The number of halogens is 1. The number of carbonyl (C=O) groups excluding carboxylic acids is 2. The fourth-order valence-electron chi connectivity index (χ4n) is 3.61. The molecule has 3 fully saturated rings. The van der Waals surface area contributed by atoms with Crippen LogP contribution in [0.1, 0.15) is 12.8 Å². The molecule has 1 heterocycles. The normalized spacial score (nSPS) is 44.3. The van der Waals surface area contributed by atoms with Crippen LogP contribution in [0.2, 0.25) is 0 Å². The van der Waals surface area contributed by atoms with Crippen LogP contribution in [0.3, 0.4) is 0 Å². The fraction of sp³-hybridized carbons (Fsp3) is 0.818. The average molecular weight is 245 g/mol. The first kappa shape index (κ1) is 10.4. The van der Waals surface area contributed by atoms with Crippen molar-refractivity contribution in [1.29, 1.82) is 0 Å². The highest BCUT2D eigenvalue weighted by atomic mass is 35.5. The summed E-state index contributed by atoms with van der Waals surface area (Å²) in [5.41, 5.74) is 0. The van der Waals surface area contributed by atoms with Gasteiger partial charge in [-0.1, -0.05) is 0 Å². The zero-order valence-corrected chi connectivity index (χ0v) is 9.48. The van der Waals surface area contributed by atoms with E-state index in [-0.39, 0.29) is 35.8 Å². The molecule has 0 aromatic heterocycles. The predicted molar refractivity (Wildman–Crippen MR) is 54.8 cm³/mol. The van der Waals surface area contributed by atoms with Crippen LogP contribution in [0.4, 0.5) is 0 Å². The summed E-state index contributed by atoms with van der Waals surface area (Å²) in [7, 11) is 0. The second-order valence-electron chi connectivity index (χ2n) is 4.88. The van der Waals surface area contributed by atoms with Crippen molar-refractivity contribution < 1.29 is 19.1 Å². The van der Waals surface area contributed by atoms with E-state index in [1.165, 1.54) is 0 Å². The van der Waals surface area contributed by atoms with Gasteiger partial charge in [0.25, 0.3) is 0 Å². The van der Waals surface area contributed by atoms with Crippen molar-refractivity contribution in [1.82, 2.24) is 0 Å². The molecule has 88 valence electrons. The van der Waals surface area contributed by atoms with Crippen LogP contribution >= 0.6 is 11.6 Å². The highest BCUT2D eigenvalue weighted by molar-refractivity contribution is 6.26. The van der Waals surface area contributed by atoms with Crippen LogP contribution in [0.25, 0.3) is 0 Å². The number of ether oxygens (including phenoxy) is 2. The van der Waals surface area contributed by atoms with Crippen LogP contribution < -0.4 is 0 Å². The van der Waals surface area contributed by atoms with E-state index in [0.717, 1.165) is 12.8 Å². The molecular formula is C11H13ClO4. The number of esters is 2. The number of rotatable bonds is 2. The highest BCUT2D eigenvalue weighted by Crippen LogP contribution is 2.55. The van der Waals surface area contributed by atoms with E-state index in [9.17, 15) is 9.59 Å². The second kappa shape index (κ2) is 3.62. The Labute approximate surface area is 98.2 Å². The van der Waals surface area contributed by atoms with Gasteiger partial charge in [0.05, 0.1) is 12.5 Å². The summed E-state index contributed by atoms with van der Waals surface area (Å²) < 4.78 is 10.3. The first-order chi connectivity index (χ1) is 7.70. The van der Waals surface area contributed by atoms with Gasteiger partial charge in [-0.05, 0) is 18.8 Å². The third-order valence-electron chi connectivity index (χ3n) is 4.20. The zero-order chi connectivity index (χ0) is 11.3. The lowest BCUT2D eigenvalue weighted by atomic mass is 9.80. The van der Waals surface area contributed by atoms with Crippen LogP contribution in [0.15, 0.2) is 0 Å². The molecule has 0 amide bonds. The molecule has 1 aliphatic heterocycles. The van der Waals surface area contributed by atoms with E-state index < -0.39 is 0 Å². The van der Waals surface area contributed by atoms with Crippen LogP contribution in [0.5, 0.6) is 0 Å². The Morgan fingerprint density at radius 1 is 1.44 bits per heavy atom. The molecule has 2 saturated carbocycles. The van der Waals surface area contributed by atoms with Gasteiger partial charge in [-0.3, -0.25) is 9.59 Å². The lowest BCUT2D eigenvalue weighted by molar-refractivity contribution is -0.153. The molecular weight excluding hydrogens is 232 g/mol. The predicted octanol–water partition coefficient (Wildman–Crippen LogP) is 0.966. The molecule has 4 nitrogen and oxygen atoms in total. The van der Waals surface area contributed by atoms with E-state index in [1.807, 2.05) is 0 Å². The largest absolute Gasteiger partial charge is 0.465 e. The summed E-state index contributed by atoms with van der Waals surface area (Å²) in [6.45, 7) is 0.556. The minimum atomic E-state index is -0.387. The number of carbonyl (C=O) groups is 2. The molecule has 16 heavy (non-hydrogen) atoms. The Bertz CT molecular complexity index is 343. The average Bonchev–Trinajstić information content (AvgIpc) is 2.91. The maximum absolute atomic E-state index is 11.6. The molecule has 0 N–H and O–H groups in total. The molecule has 0 aromatic rings. The molecule has 2 bridgehead atoms.